The molecule has 10 heteroatoms. The van der Waals surface area contributed by atoms with Crippen molar-refractivity contribution in [3.05, 3.63) is 18.2 Å². The van der Waals surface area contributed by atoms with Crippen molar-refractivity contribution >= 4 is 33.2 Å². The summed E-state index contributed by atoms with van der Waals surface area (Å²) in [6, 6.07) is 4.70. The molecule has 2 N–H and O–H groups in total. The number of likely N-dealkylation sites (tertiary alicyclic amines) is 1. The lowest BCUT2D eigenvalue weighted by atomic mass is 10.1. The highest BCUT2D eigenvalue weighted by Gasteiger charge is 2.28. The second kappa shape index (κ2) is 10.1. The van der Waals surface area contributed by atoms with E-state index < -0.39 is 21.8 Å². The number of hydrogen-bond donors (Lipinski definition) is 2. The van der Waals surface area contributed by atoms with Crippen LogP contribution in [0.25, 0.3) is 0 Å². The second-order valence-corrected chi connectivity index (χ2v) is 9.61. The third-order valence-corrected chi connectivity index (χ3v) is 7.28. The smallest absolute Gasteiger partial charge is 0.313 e. The molecule has 9 nitrogen and oxygen atoms in total. The highest BCUT2D eigenvalue weighted by atomic mass is 32.2. The summed E-state index contributed by atoms with van der Waals surface area (Å²) in [5, 5.41) is 5.19. The first kappa shape index (κ1) is 22.4. The summed E-state index contributed by atoms with van der Waals surface area (Å²) >= 11 is 0. The fourth-order valence-electron chi connectivity index (χ4n) is 3.80. The predicted molar refractivity (Wildman–Crippen MR) is 115 cm³/mol. The Kier molecular flexibility index (Phi) is 7.54. The molecule has 30 heavy (non-hydrogen) atoms. The molecular formula is C20H30N4O5S. The van der Waals surface area contributed by atoms with Crippen LogP contribution in [-0.2, 0) is 19.6 Å². The zero-order valence-electron chi connectivity index (χ0n) is 17.4. The van der Waals surface area contributed by atoms with Crippen LogP contribution in [0.1, 0.15) is 32.1 Å². The molecule has 2 aliphatic rings. The number of nitrogens with one attached hydrogen (secondary N) is 2. The summed E-state index contributed by atoms with van der Waals surface area (Å²) in [6.07, 6.45) is 4.95. The third-order valence-electron chi connectivity index (χ3n) is 5.42. The maximum absolute atomic E-state index is 12.5. The van der Waals surface area contributed by atoms with Gasteiger partial charge in [0.1, 0.15) is 5.75 Å². The fraction of sp³-hybridized carbons (Fsp3) is 0.600. The monoisotopic (exact) mass is 438 g/mol. The van der Waals surface area contributed by atoms with Crippen LogP contribution in [0.4, 0.5) is 11.4 Å². The Balaban J connectivity index is 1.61. The first-order valence-electron chi connectivity index (χ1n) is 10.4. The summed E-state index contributed by atoms with van der Waals surface area (Å²) in [6.45, 7) is 3.53. The van der Waals surface area contributed by atoms with Crippen molar-refractivity contribution in [2.45, 2.75) is 32.1 Å². The van der Waals surface area contributed by atoms with Gasteiger partial charge in [0.15, 0.2) is 0 Å². The van der Waals surface area contributed by atoms with Crippen molar-refractivity contribution in [3.63, 3.8) is 0 Å². The van der Waals surface area contributed by atoms with Gasteiger partial charge in [0, 0.05) is 25.3 Å². The second-order valence-electron chi connectivity index (χ2n) is 7.59. The SMILES string of the molecule is COc1ccc(NC(=O)C(=O)NCCN2CCCCC2)cc1N1CCCCS1(=O)=O. The average molecular weight is 439 g/mol. The lowest BCUT2D eigenvalue weighted by Gasteiger charge is -2.29. The molecule has 1 aromatic rings. The number of amides is 2. The number of benzene rings is 1. The molecule has 0 aromatic heterocycles. The summed E-state index contributed by atoms with van der Waals surface area (Å²) in [4.78, 5) is 26.7. The van der Waals surface area contributed by atoms with Gasteiger partial charge in [0.2, 0.25) is 10.0 Å². The number of nitrogens with zero attached hydrogens (tertiary/aromatic N) is 2. The number of sulfonamides is 1. The molecule has 0 bridgehead atoms. The van der Waals surface area contributed by atoms with E-state index in [1.165, 1.54) is 36.7 Å². The van der Waals surface area contributed by atoms with Crippen molar-refractivity contribution in [3.8, 4) is 5.75 Å². The summed E-state index contributed by atoms with van der Waals surface area (Å²) in [5.74, 6) is -1.03. The van der Waals surface area contributed by atoms with E-state index in [2.05, 4.69) is 15.5 Å². The van der Waals surface area contributed by atoms with Crippen LogP contribution >= 0.6 is 0 Å². The van der Waals surface area contributed by atoms with E-state index in [0.29, 0.717) is 36.6 Å². The van der Waals surface area contributed by atoms with Crippen molar-refractivity contribution in [2.24, 2.45) is 0 Å². The van der Waals surface area contributed by atoms with Crippen molar-refractivity contribution in [1.82, 2.24) is 10.2 Å². The lowest BCUT2D eigenvalue weighted by molar-refractivity contribution is -0.136. The number of carbonyl (C=O) groups excluding carboxylic acids is 2. The quantitative estimate of drug-likeness (QED) is 0.646. The van der Waals surface area contributed by atoms with Gasteiger partial charge in [-0.1, -0.05) is 6.42 Å². The molecule has 0 aliphatic carbocycles. The van der Waals surface area contributed by atoms with Gasteiger partial charge in [-0.3, -0.25) is 13.9 Å². The van der Waals surface area contributed by atoms with Gasteiger partial charge in [0.05, 0.1) is 18.6 Å². The first-order valence-corrected chi connectivity index (χ1v) is 12.0. The van der Waals surface area contributed by atoms with Crippen LogP contribution < -0.4 is 19.7 Å². The van der Waals surface area contributed by atoms with Crippen molar-refractivity contribution < 1.29 is 22.7 Å². The number of hydrogen-bond acceptors (Lipinski definition) is 6. The topological polar surface area (TPSA) is 108 Å². The Labute approximate surface area is 177 Å². The molecule has 0 spiro atoms. The van der Waals surface area contributed by atoms with Gasteiger partial charge in [0.25, 0.3) is 0 Å². The summed E-state index contributed by atoms with van der Waals surface area (Å²) in [7, 11) is -1.98. The third kappa shape index (κ3) is 5.63. The highest BCUT2D eigenvalue weighted by Crippen LogP contribution is 2.35. The largest absolute Gasteiger partial charge is 0.495 e. The van der Waals surface area contributed by atoms with E-state index >= 15 is 0 Å². The molecule has 0 radical (unpaired) electrons. The minimum atomic E-state index is -3.44. The molecule has 0 atom stereocenters. The Morgan fingerprint density at radius 3 is 2.47 bits per heavy atom. The zero-order valence-corrected chi connectivity index (χ0v) is 18.2. The van der Waals surface area contributed by atoms with Gasteiger partial charge in [-0.05, 0) is 57.0 Å². The number of methoxy groups -OCH3 is 1. The Morgan fingerprint density at radius 2 is 1.77 bits per heavy atom. The molecule has 166 valence electrons. The van der Waals surface area contributed by atoms with Crippen LogP contribution in [-0.4, -0.2) is 70.7 Å². The minimum absolute atomic E-state index is 0.0756. The van der Waals surface area contributed by atoms with Crippen LogP contribution in [0.5, 0.6) is 5.75 Å². The molecule has 2 fully saturated rings. The van der Waals surface area contributed by atoms with Gasteiger partial charge < -0.3 is 20.3 Å². The fourth-order valence-corrected chi connectivity index (χ4v) is 5.44. The van der Waals surface area contributed by atoms with Crippen LogP contribution in [0.2, 0.25) is 0 Å². The zero-order chi connectivity index (χ0) is 21.6. The molecule has 2 amide bonds. The molecule has 3 rings (SSSR count). The summed E-state index contributed by atoms with van der Waals surface area (Å²) < 4.78 is 31.5. The molecule has 2 heterocycles. The van der Waals surface area contributed by atoms with E-state index in [0.717, 1.165) is 26.1 Å². The lowest BCUT2D eigenvalue weighted by Crippen LogP contribution is -2.41. The molecular weight excluding hydrogens is 408 g/mol. The maximum Gasteiger partial charge on any atom is 0.313 e. The van der Waals surface area contributed by atoms with E-state index in [1.54, 1.807) is 12.1 Å². The van der Waals surface area contributed by atoms with Gasteiger partial charge in [-0.2, -0.15) is 0 Å². The number of rotatable bonds is 6. The van der Waals surface area contributed by atoms with Crippen LogP contribution in [0, 0.1) is 0 Å². The molecule has 1 aromatic carbocycles. The van der Waals surface area contributed by atoms with E-state index in [-0.39, 0.29) is 5.75 Å². The highest BCUT2D eigenvalue weighted by molar-refractivity contribution is 7.92. The van der Waals surface area contributed by atoms with Crippen molar-refractivity contribution in [2.75, 3.05) is 55.2 Å². The van der Waals surface area contributed by atoms with Gasteiger partial charge in [-0.15, -0.1) is 0 Å². The summed E-state index contributed by atoms with van der Waals surface area (Å²) in [5.41, 5.74) is 0.697. The van der Waals surface area contributed by atoms with E-state index in [1.807, 2.05) is 0 Å². The van der Waals surface area contributed by atoms with Crippen molar-refractivity contribution in [1.29, 1.82) is 0 Å². The predicted octanol–water partition coefficient (Wildman–Crippen LogP) is 1.17. The molecule has 2 aliphatic heterocycles. The van der Waals surface area contributed by atoms with Gasteiger partial charge >= 0.3 is 11.8 Å². The van der Waals surface area contributed by atoms with Crippen LogP contribution in [0.3, 0.4) is 0 Å². The molecule has 0 unspecified atom stereocenters. The maximum atomic E-state index is 12.5. The Hall–Kier alpha value is -2.33. The standard InChI is InChI=1S/C20H30N4O5S/c1-29-18-8-7-16(15-17(18)24-12-5-6-14-30(24,27)28)22-20(26)19(25)21-9-13-23-10-3-2-4-11-23/h7-8,15H,2-6,9-14H2,1H3,(H,21,25)(H,22,26). The number of piperidine rings is 1. The van der Waals surface area contributed by atoms with E-state index in [4.69, 9.17) is 4.74 Å². The average Bonchev–Trinajstić information content (AvgIpc) is 2.74. The first-order chi connectivity index (χ1) is 14.4. The molecule has 0 saturated carbocycles. The number of anilines is 2. The van der Waals surface area contributed by atoms with E-state index in [9.17, 15) is 18.0 Å². The van der Waals surface area contributed by atoms with Crippen LogP contribution in [0.15, 0.2) is 18.2 Å². The Morgan fingerprint density at radius 1 is 1.03 bits per heavy atom. The van der Waals surface area contributed by atoms with Gasteiger partial charge in [-0.25, -0.2) is 8.42 Å². The number of ether oxygens (including phenoxy) is 1. The molecule has 2 saturated heterocycles. The normalized spacial score (nSPS) is 19.2. The minimum Gasteiger partial charge on any atom is -0.495 e. The Bertz CT molecular complexity index is 868. The number of carbonyl (C=O) groups is 2.